The van der Waals surface area contributed by atoms with Gasteiger partial charge >= 0.3 is 5.97 Å². The highest BCUT2D eigenvalue weighted by molar-refractivity contribution is 5.85. The fourth-order valence-electron chi connectivity index (χ4n) is 1.18. The number of halogens is 1. The summed E-state index contributed by atoms with van der Waals surface area (Å²) in [4.78, 5) is 22.3. The molecule has 6 heteroatoms. The third-order valence-electron chi connectivity index (χ3n) is 2.01. The van der Waals surface area contributed by atoms with E-state index in [4.69, 9.17) is 4.74 Å². The lowest BCUT2D eigenvalue weighted by molar-refractivity contribution is -0.145. The van der Waals surface area contributed by atoms with Crippen LogP contribution in [0.2, 0.25) is 0 Å². The normalized spacial score (nSPS) is 9.17. The van der Waals surface area contributed by atoms with Crippen LogP contribution in [-0.4, -0.2) is 32.0 Å². The number of amides is 1. The predicted octanol–water partition coefficient (Wildman–Crippen LogP) is 0.487. The van der Waals surface area contributed by atoms with Crippen molar-refractivity contribution in [1.82, 2.24) is 10.6 Å². The maximum atomic E-state index is 11.3. The zero-order chi connectivity index (χ0) is 12.5. The minimum atomic E-state index is -0.446. The minimum absolute atomic E-state index is 0. The molecule has 0 fully saturated rings. The number of ether oxygens (including phenoxy) is 1. The summed E-state index contributed by atoms with van der Waals surface area (Å²) in [5.41, 5.74) is 0.919. The lowest BCUT2D eigenvalue weighted by Gasteiger charge is -2.06. The second kappa shape index (κ2) is 9.44. The predicted molar refractivity (Wildman–Crippen MR) is 70.4 cm³/mol. The molecule has 0 unspecified atom stereocenters. The van der Waals surface area contributed by atoms with Gasteiger partial charge in [-0.15, -0.1) is 12.4 Å². The number of rotatable bonds is 6. The van der Waals surface area contributed by atoms with Crippen LogP contribution in [0.15, 0.2) is 30.3 Å². The summed E-state index contributed by atoms with van der Waals surface area (Å²) >= 11 is 0. The van der Waals surface area contributed by atoms with Gasteiger partial charge in [-0.1, -0.05) is 30.3 Å². The molecule has 0 saturated heterocycles. The highest BCUT2D eigenvalue weighted by Gasteiger charge is 2.05. The first-order chi connectivity index (χ1) is 8.22. The Balaban J connectivity index is 0.00000289. The highest BCUT2D eigenvalue weighted by atomic mass is 35.5. The van der Waals surface area contributed by atoms with Gasteiger partial charge < -0.3 is 15.4 Å². The Morgan fingerprint density at radius 1 is 1.17 bits per heavy atom. The van der Waals surface area contributed by atoms with Crippen molar-refractivity contribution in [2.24, 2.45) is 0 Å². The largest absolute Gasteiger partial charge is 0.460 e. The third-order valence-corrected chi connectivity index (χ3v) is 2.01. The highest BCUT2D eigenvalue weighted by Crippen LogP contribution is 2.00. The monoisotopic (exact) mass is 272 g/mol. The van der Waals surface area contributed by atoms with E-state index in [2.05, 4.69) is 10.6 Å². The topological polar surface area (TPSA) is 67.4 Å². The standard InChI is InChI=1S/C12H16N2O3.ClH/c1-13-7-11(15)14-8-12(16)17-9-10-5-3-2-4-6-10;/h2-6,13H,7-9H2,1H3,(H,14,15);1H. The molecule has 0 heterocycles. The molecular weight excluding hydrogens is 256 g/mol. The number of esters is 1. The van der Waals surface area contributed by atoms with E-state index in [0.29, 0.717) is 0 Å². The quantitative estimate of drug-likeness (QED) is 0.740. The van der Waals surface area contributed by atoms with Crippen LogP contribution < -0.4 is 10.6 Å². The van der Waals surface area contributed by atoms with Crippen LogP contribution in [0.5, 0.6) is 0 Å². The Bertz CT molecular complexity index is 371. The lowest BCUT2D eigenvalue weighted by atomic mass is 10.2. The number of nitrogens with one attached hydrogen (secondary N) is 2. The van der Waals surface area contributed by atoms with E-state index in [1.54, 1.807) is 7.05 Å². The van der Waals surface area contributed by atoms with Crippen molar-refractivity contribution >= 4 is 24.3 Å². The van der Waals surface area contributed by atoms with Gasteiger partial charge in [-0.3, -0.25) is 9.59 Å². The SMILES string of the molecule is CNCC(=O)NCC(=O)OCc1ccccc1.Cl. The molecule has 2 N–H and O–H groups in total. The van der Waals surface area contributed by atoms with Gasteiger partial charge in [0, 0.05) is 0 Å². The fourth-order valence-corrected chi connectivity index (χ4v) is 1.18. The Kier molecular flexibility index (Phi) is 8.61. The maximum absolute atomic E-state index is 11.3. The zero-order valence-electron chi connectivity index (χ0n) is 10.1. The first kappa shape index (κ1) is 16.4. The van der Waals surface area contributed by atoms with Crippen LogP contribution in [0.4, 0.5) is 0 Å². The van der Waals surface area contributed by atoms with Crippen molar-refractivity contribution in [2.75, 3.05) is 20.1 Å². The minimum Gasteiger partial charge on any atom is -0.460 e. The van der Waals surface area contributed by atoms with Gasteiger partial charge in [-0.05, 0) is 12.6 Å². The van der Waals surface area contributed by atoms with Crippen molar-refractivity contribution in [3.8, 4) is 0 Å². The van der Waals surface area contributed by atoms with E-state index in [-0.39, 0.29) is 38.0 Å². The van der Waals surface area contributed by atoms with Gasteiger partial charge in [0.2, 0.25) is 5.91 Å². The molecule has 0 spiro atoms. The van der Waals surface area contributed by atoms with Crippen LogP contribution in [0, 0.1) is 0 Å². The molecule has 18 heavy (non-hydrogen) atoms. The summed E-state index contributed by atoms with van der Waals surface area (Å²) in [5.74, 6) is -0.678. The van der Waals surface area contributed by atoms with Crippen molar-refractivity contribution < 1.29 is 14.3 Å². The second-order valence-electron chi connectivity index (χ2n) is 3.45. The van der Waals surface area contributed by atoms with Gasteiger partial charge in [0.05, 0.1) is 6.54 Å². The lowest BCUT2D eigenvalue weighted by Crippen LogP contribution is -2.36. The molecular formula is C12H17ClN2O3. The number of carbonyl (C=O) groups excluding carboxylic acids is 2. The number of carbonyl (C=O) groups is 2. The summed E-state index contributed by atoms with van der Waals surface area (Å²) in [5, 5.41) is 5.13. The van der Waals surface area contributed by atoms with E-state index in [1.165, 1.54) is 0 Å². The molecule has 1 aromatic carbocycles. The Hall–Kier alpha value is -1.59. The molecule has 0 aliphatic heterocycles. The number of hydrogen-bond acceptors (Lipinski definition) is 4. The Labute approximate surface area is 112 Å². The van der Waals surface area contributed by atoms with Crippen molar-refractivity contribution in [3.63, 3.8) is 0 Å². The Morgan fingerprint density at radius 2 is 1.83 bits per heavy atom. The van der Waals surface area contributed by atoms with E-state index < -0.39 is 5.97 Å². The molecule has 0 aromatic heterocycles. The van der Waals surface area contributed by atoms with Crippen molar-refractivity contribution in [2.45, 2.75) is 6.61 Å². The van der Waals surface area contributed by atoms with E-state index in [1.807, 2.05) is 30.3 Å². The molecule has 1 amide bonds. The average Bonchev–Trinajstić information content (AvgIpc) is 2.35. The summed E-state index contributed by atoms with van der Waals surface area (Å²) in [7, 11) is 1.66. The molecule has 0 atom stereocenters. The summed E-state index contributed by atoms with van der Waals surface area (Å²) in [6, 6.07) is 9.37. The van der Waals surface area contributed by atoms with Gasteiger partial charge in [-0.25, -0.2) is 0 Å². The van der Waals surface area contributed by atoms with E-state index in [0.717, 1.165) is 5.56 Å². The number of benzene rings is 1. The molecule has 1 aromatic rings. The van der Waals surface area contributed by atoms with Crippen LogP contribution in [0.25, 0.3) is 0 Å². The summed E-state index contributed by atoms with van der Waals surface area (Å²) < 4.78 is 4.98. The smallest absolute Gasteiger partial charge is 0.325 e. The average molecular weight is 273 g/mol. The zero-order valence-corrected chi connectivity index (χ0v) is 11.0. The second-order valence-corrected chi connectivity index (χ2v) is 3.45. The first-order valence-corrected chi connectivity index (χ1v) is 5.33. The van der Waals surface area contributed by atoms with Crippen LogP contribution in [-0.2, 0) is 20.9 Å². The number of likely N-dealkylation sites (N-methyl/N-ethyl adjacent to an activating group) is 1. The molecule has 0 bridgehead atoms. The van der Waals surface area contributed by atoms with Gasteiger partial charge in [0.15, 0.2) is 0 Å². The maximum Gasteiger partial charge on any atom is 0.325 e. The molecule has 100 valence electrons. The van der Waals surface area contributed by atoms with Gasteiger partial charge in [0.1, 0.15) is 13.2 Å². The fraction of sp³-hybridized carbons (Fsp3) is 0.333. The summed E-state index contributed by atoms with van der Waals surface area (Å²) in [6.07, 6.45) is 0. The summed E-state index contributed by atoms with van der Waals surface area (Å²) in [6.45, 7) is 0.306. The van der Waals surface area contributed by atoms with Gasteiger partial charge in [-0.2, -0.15) is 0 Å². The van der Waals surface area contributed by atoms with Crippen LogP contribution in [0.1, 0.15) is 5.56 Å². The molecule has 0 saturated carbocycles. The van der Waals surface area contributed by atoms with Crippen molar-refractivity contribution in [3.05, 3.63) is 35.9 Å². The van der Waals surface area contributed by atoms with Crippen LogP contribution in [0.3, 0.4) is 0 Å². The third kappa shape index (κ3) is 6.88. The van der Waals surface area contributed by atoms with Crippen LogP contribution >= 0.6 is 12.4 Å². The molecule has 1 rings (SSSR count). The molecule has 0 aliphatic rings. The van der Waals surface area contributed by atoms with Crippen molar-refractivity contribution in [1.29, 1.82) is 0 Å². The first-order valence-electron chi connectivity index (χ1n) is 5.33. The van der Waals surface area contributed by atoms with E-state index in [9.17, 15) is 9.59 Å². The van der Waals surface area contributed by atoms with Gasteiger partial charge in [0.25, 0.3) is 0 Å². The molecule has 5 nitrogen and oxygen atoms in total. The molecule has 0 aliphatic carbocycles. The molecule has 0 radical (unpaired) electrons. The Morgan fingerprint density at radius 3 is 2.44 bits per heavy atom. The number of hydrogen-bond donors (Lipinski definition) is 2. The van der Waals surface area contributed by atoms with E-state index >= 15 is 0 Å².